The number of carbonyl (C=O) groups excluding carboxylic acids is 2. The third-order valence-corrected chi connectivity index (χ3v) is 6.71. The molecule has 4 fully saturated rings. The molecule has 0 aromatic heterocycles. The normalized spacial score (nSPS) is 31.3. The number of nitro groups is 1. The number of aliphatic hydroxyl groups is 1. The Hall–Kier alpha value is -2.68. The summed E-state index contributed by atoms with van der Waals surface area (Å²) in [5, 5.41) is 24.4. The van der Waals surface area contributed by atoms with Gasteiger partial charge in [0.2, 0.25) is 0 Å². The first-order chi connectivity index (χ1) is 14.2. The van der Waals surface area contributed by atoms with Crippen LogP contribution in [0.15, 0.2) is 18.2 Å². The molecule has 2 N–H and O–H groups in total. The van der Waals surface area contributed by atoms with Crippen LogP contribution in [-0.4, -0.2) is 41.2 Å². The zero-order valence-corrected chi connectivity index (χ0v) is 16.9. The highest BCUT2D eigenvalue weighted by molar-refractivity contribution is 5.95. The van der Waals surface area contributed by atoms with Gasteiger partial charge in [0.05, 0.1) is 30.1 Å². The lowest BCUT2D eigenvalue weighted by atomic mass is 9.47. The first-order valence-corrected chi connectivity index (χ1v) is 10.2. The Morgan fingerprint density at radius 1 is 1.27 bits per heavy atom. The number of benzene rings is 1. The van der Waals surface area contributed by atoms with Crippen molar-refractivity contribution in [2.45, 2.75) is 50.5 Å². The summed E-state index contributed by atoms with van der Waals surface area (Å²) < 4.78 is 10.1. The minimum atomic E-state index is -0.658. The minimum Gasteiger partial charge on any atom is -0.496 e. The molecule has 9 heteroatoms. The minimum absolute atomic E-state index is 0.00477. The summed E-state index contributed by atoms with van der Waals surface area (Å²) in [5.41, 5.74) is -1.20. The molecule has 1 aromatic rings. The van der Waals surface area contributed by atoms with Crippen molar-refractivity contribution in [3.05, 3.63) is 28.3 Å². The Morgan fingerprint density at radius 3 is 2.57 bits per heavy atom. The second-order valence-corrected chi connectivity index (χ2v) is 9.21. The number of nitrogens with one attached hydrogen (secondary N) is 1. The van der Waals surface area contributed by atoms with Crippen LogP contribution < -0.4 is 10.1 Å². The summed E-state index contributed by atoms with van der Waals surface area (Å²) in [6.45, 7) is -0.519. The molecular formula is C21H26N2O7. The number of carbonyl (C=O) groups is 2. The number of hydrogen-bond donors (Lipinski definition) is 2. The van der Waals surface area contributed by atoms with Crippen LogP contribution in [0, 0.1) is 27.4 Å². The van der Waals surface area contributed by atoms with Gasteiger partial charge in [-0.2, -0.15) is 0 Å². The molecule has 0 radical (unpaired) electrons. The fourth-order valence-corrected chi connectivity index (χ4v) is 6.19. The fraction of sp³-hybridized carbons (Fsp3) is 0.619. The van der Waals surface area contributed by atoms with Gasteiger partial charge in [0.25, 0.3) is 11.6 Å². The first-order valence-electron chi connectivity index (χ1n) is 10.2. The van der Waals surface area contributed by atoms with E-state index < -0.39 is 29.0 Å². The van der Waals surface area contributed by atoms with Crippen LogP contribution in [0.1, 0.15) is 44.9 Å². The van der Waals surface area contributed by atoms with Crippen LogP contribution in [0.2, 0.25) is 0 Å². The van der Waals surface area contributed by atoms with E-state index >= 15 is 0 Å². The SMILES string of the molecule is COc1ccc(NC(=O)COC(=O)CC23C[C@@H]4C[C@@H](CC(O)(C4)C2)C3)c([N+](=O)[O-])c1. The van der Waals surface area contributed by atoms with Crippen molar-refractivity contribution < 1.29 is 29.1 Å². The van der Waals surface area contributed by atoms with Crippen molar-refractivity contribution in [1.82, 2.24) is 0 Å². The molecule has 0 heterocycles. The van der Waals surface area contributed by atoms with Gasteiger partial charge in [0.15, 0.2) is 6.61 Å². The highest BCUT2D eigenvalue weighted by Gasteiger charge is 2.57. The van der Waals surface area contributed by atoms with E-state index in [1.165, 1.54) is 25.3 Å². The highest BCUT2D eigenvalue weighted by atomic mass is 16.6. The van der Waals surface area contributed by atoms with Crippen LogP contribution in [0.4, 0.5) is 11.4 Å². The zero-order chi connectivity index (χ0) is 21.5. The Bertz CT molecular complexity index is 870. The van der Waals surface area contributed by atoms with Crippen molar-refractivity contribution in [3.63, 3.8) is 0 Å². The van der Waals surface area contributed by atoms with Crippen molar-refractivity contribution in [2.75, 3.05) is 19.0 Å². The molecule has 1 aromatic carbocycles. The molecule has 0 saturated heterocycles. The number of esters is 1. The summed E-state index contributed by atoms with van der Waals surface area (Å²) in [7, 11) is 1.39. The molecule has 0 spiro atoms. The van der Waals surface area contributed by atoms with Gasteiger partial charge in [0, 0.05) is 0 Å². The maximum Gasteiger partial charge on any atom is 0.306 e. The highest BCUT2D eigenvalue weighted by Crippen LogP contribution is 2.62. The number of hydrogen-bond acceptors (Lipinski definition) is 7. The van der Waals surface area contributed by atoms with Gasteiger partial charge in [-0.15, -0.1) is 0 Å². The van der Waals surface area contributed by atoms with Crippen LogP contribution in [-0.2, 0) is 14.3 Å². The molecule has 0 aliphatic heterocycles. The monoisotopic (exact) mass is 418 g/mol. The van der Waals surface area contributed by atoms with E-state index in [2.05, 4.69) is 5.32 Å². The molecule has 9 nitrogen and oxygen atoms in total. The smallest absolute Gasteiger partial charge is 0.306 e. The summed E-state index contributed by atoms with van der Waals surface area (Å²) >= 11 is 0. The maximum atomic E-state index is 12.4. The van der Waals surface area contributed by atoms with E-state index in [9.17, 15) is 24.8 Å². The largest absolute Gasteiger partial charge is 0.496 e. The maximum absolute atomic E-state index is 12.4. The molecule has 2 unspecified atom stereocenters. The number of methoxy groups -OCH3 is 1. The summed E-state index contributed by atoms with van der Waals surface area (Å²) in [6, 6.07) is 4.07. The molecule has 4 bridgehead atoms. The summed E-state index contributed by atoms with van der Waals surface area (Å²) in [6.07, 6.45) is 5.43. The average Bonchev–Trinajstić information content (AvgIpc) is 2.64. The molecule has 5 rings (SSSR count). The quantitative estimate of drug-likeness (QED) is 0.396. The van der Waals surface area contributed by atoms with Crippen LogP contribution >= 0.6 is 0 Å². The Morgan fingerprint density at radius 2 is 1.97 bits per heavy atom. The second-order valence-electron chi connectivity index (χ2n) is 9.21. The zero-order valence-electron chi connectivity index (χ0n) is 16.9. The predicted octanol–water partition coefficient (Wildman–Crippen LogP) is 2.81. The molecule has 1 amide bonds. The number of amides is 1. The van der Waals surface area contributed by atoms with Crippen LogP contribution in [0.3, 0.4) is 0 Å². The van der Waals surface area contributed by atoms with Gasteiger partial charge in [0.1, 0.15) is 11.4 Å². The Labute approximate surface area is 173 Å². The molecule has 4 aliphatic carbocycles. The van der Waals surface area contributed by atoms with Crippen molar-refractivity contribution >= 4 is 23.3 Å². The van der Waals surface area contributed by atoms with Gasteiger partial charge in [-0.25, -0.2) is 0 Å². The van der Waals surface area contributed by atoms with E-state index in [4.69, 9.17) is 9.47 Å². The van der Waals surface area contributed by atoms with E-state index in [0.29, 0.717) is 24.0 Å². The molecule has 4 aliphatic rings. The van der Waals surface area contributed by atoms with Crippen LogP contribution in [0.5, 0.6) is 5.75 Å². The first kappa shape index (κ1) is 20.6. The molecule has 162 valence electrons. The third kappa shape index (κ3) is 4.12. The lowest BCUT2D eigenvalue weighted by Gasteiger charge is -2.60. The third-order valence-electron chi connectivity index (χ3n) is 6.71. The van der Waals surface area contributed by atoms with Gasteiger partial charge >= 0.3 is 5.97 Å². The molecular weight excluding hydrogens is 392 g/mol. The van der Waals surface area contributed by atoms with Gasteiger partial charge < -0.3 is 19.9 Å². The Balaban J connectivity index is 1.33. The summed E-state index contributed by atoms with van der Waals surface area (Å²) in [5.74, 6) is 0.0926. The van der Waals surface area contributed by atoms with E-state index in [-0.39, 0.29) is 23.2 Å². The van der Waals surface area contributed by atoms with Crippen molar-refractivity contribution in [2.24, 2.45) is 17.3 Å². The Kier molecular flexibility index (Phi) is 5.17. The molecule has 4 saturated carbocycles. The van der Waals surface area contributed by atoms with Crippen molar-refractivity contribution in [1.29, 1.82) is 0 Å². The van der Waals surface area contributed by atoms with E-state index in [1.807, 2.05) is 0 Å². The van der Waals surface area contributed by atoms with Gasteiger partial charge in [-0.05, 0) is 67.9 Å². The van der Waals surface area contributed by atoms with Gasteiger partial charge in [-0.3, -0.25) is 19.7 Å². The molecule has 30 heavy (non-hydrogen) atoms. The number of nitro benzene ring substituents is 1. The lowest BCUT2D eigenvalue weighted by molar-refractivity contribution is -0.384. The average molecular weight is 418 g/mol. The lowest BCUT2D eigenvalue weighted by Crippen LogP contribution is -2.56. The number of nitrogens with zero attached hydrogens (tertiary/aromatic N) is 1. The van der Waals surface area contributed by atoms with Gasteiger partial charge in [-0.1, -0.05) is 0 Å². The number of rotatable bonds is 7. The fourth-order valence-electron chi connectivity index (χ4n) is 6.19. The van der Waals surface area contributed by atoms with E-state index in [0.717, 1.165) is 32.1 Å². The summed E-state index contributed by atoms with van der Waals surface area (Å²) in [4.78, 5) is 35.2. The van der Waals surface area contributed by atoms with E-state index in [1.54, 1.807) is 0 Å². The standard InChI is InChI=1S/C21H26N2O7/c1-29-15-2-3-16(17(5-15)23(27)28)22-18(24)11-30-19(25)10-20-6-13-4-14(7-20)9-21(26,8-13)12-20/h2-3,5,13-14,26H,4,6-12H2,1H3,(H,22,24)/t13-,14+,20?,21?. The van der Waals surface area contributed by atoms with Crippen molar-refractivity contribution in [3.8, 4) is 5.75 Å². The molecule has 4 atom stereocenters. The predicted molar refractivity (Wildman–Crippen MR) is 106 cm³/mol. The number of ether oxygens (including phenoxy) is 2. The number of anilines is 1. The van der Waals surface area contributed by atoms with Crippen LogP contribution in [0.25, 0.3) is 0 Å². The second kappa shape index (κ2) is 7.54. The topological polar surface area (TPSA) is 128 Å².